The second kappa shape index (κ2) is 3.57. The van der Waals surface area contributed by atoms with Gasteiger partial charge < -0.3 is 5.11 Å². The van der Waals surface area contributed by atoms with E-state index in [0.29, 0.717) is 5.92 Å². The molecular formula is C10H20O. The number of aliphatic hydroxyl groups excluding tert-OH is 1. The number of hydrogen-bond donors (Lipinski definition) is 1. The first kappa shape index (κ1) is 9.05. The Balaban J connectivity index is 2.07. The van der Waals surface area contributed by atoms with Gasteiger partial charge in [-0.2, -0.15) is 0 Å². The minimum absolute atomic E-state index is 0.00704. The van der Waals surface area contributed by atoms with Gasteiger partial charge in [-0.25, -0.2) is 0 Å². The van der Waals surface area contributed by atoms with Gasteiger partial charge in [0.1, 0.15) is 0 Å². The quantitative estimate of drug-likeness (QED) is 0.663. The minimum Gasteiger partial charge on any atom is -0.393 e. The van der Waals surface area contributed by atoms with E-state index in [9.17, 15) is 5.11 Å². The van der Waals surface area contributed by atoms with Crippen LogP contribution in [0.5, 0.6) is 0 Å². The van der Waals surface area contributed by atoms with Gasteiger partial charge in [0, 0.05) is 0 Å². The summed E-state index contributed by atoms with van der Waals surface area (Å²) < 4.78 is 0. The van der Waals surface area contributed by atoms with E-state index in [2.05, 4.69) is 20.8 Å². The van der Waals surface area contributed by atoms with Crippen LogP contribution >= 0.6 is 0 Å². The number of rotatable bonds is 4. The highest BCUT2D eigenvalue weighted by molar-refractivity contribution is 4.88. The normalized spacial score (nSPS) is 32.5. The standard InChI is InChI=1S/C10H20O/c1-7(2)4-5-10(11)9-6-8(9)3/h7-11H,4-6H2,1-3H3. The van der Waals surface area contributed by atoms with Crippen LogP contribution in [0.2, 0.25) is 0 Å². The molecule has 1 aliphatic carbocycles. The topological polar surface area (TPSA) is 20.2 Å². The lowest BCUT2D eigenvalue weighted by atomic mass is 10.0. The maximum atomic E-state index is 9.61. The van der Waals surface area contributed by atoms with Gasteiger partial charge in [0.2, 0.25) is 0 Å². The van der Waals surface area contributed by atoms with Crippen molar-refractivity contribution in [3.8, 4) is 0 Å². The zero-order chi connectivity index (χ0) is 8.43. The summed E-state index contributed by atoms with van der Waals surface area (Å²) in [6.07, 6.45) is 3.42. The molecule has 1 nitrogen and oxygen atoms in total. The molecule has 1 rings (SSSR count). The Morgan fingerprint density at radius 1 is 1.36 bits per heavy atom. The number of hydrogen-bond acceptors (Lipinski definition) is 1. The molecular weight excluding hydrogens is 136 g/mol. The van der Waals surface area contributed by atoms with Crippen LogP contribution in [-0.4, -0.2) is 11.2 Å². The van der Waals surface area contributed by atoms with Gasteiger partial charge in [-0.1, -0.05) is 20.8 Å². The molecule has 0 amide bonds. The molecule has 0 heterocycles. The van der Waals surface area contributed by atoms with Crippen molar-refractivity contribution in [2.24, 2.45) is 17.8 Å². The first-order chi connectivity index (χ1) is 5.11. The van der Waals surface area contributed by atoms with Gasteiger partial charge in [-0.15, -0.1) is 0 Å². The third-order valence-corrected chi connectivity index (χ3v) is 2.71. The van der Waals surface area contributed by atoms with Crippen molar-refractivity contribution < 1.29 is 5.11 Å². The van der Waals surface area contributed by atoms with Gasteiger partial charge >= 0.3 is 0 Å². The van der Waals surface area contributed by atoms with Crippen molar-refractivity contribution in [1.82, 2.24) is 0 Å². The molecule has 0 spiro atoms. The molecule has 1 N–H and O–H groups in total. The summed E-state index contributed by atoms with van der Waals surface area (Å²) >= 11 is 0. The molecule has 66 valence electrons. The monoisotopic (exact) mass is 156 g/mol. The molecule has 1 fully saturated rings. The van der Waals surface area contributed by atoms with Gasteiger partial charge in [-0.3, -0.25) is 0 Å². The van der Waals surface area contributed by atoms with Crippen LogP contribution in [0.3, 0.4) is 0 Å². The fraction of sp³-hybridized carbons (Fsp3) is 1.00. The molecule has 0 aromatic rings. The smallest absolute Gasteiger partial charge is 0.0571 e. The maximum absolute atomic E-state index is 9.61. The molecule has 1 aliphatic rings. The SMILES string of the molecule is CC(C)CCC(O)C1CC1C. The van der Waals surface area contributed by atoms with Gasteiger partial charge in [0.25, 0.3) is 0 Å². The molecule has 3 atom stereocenters. The van der Waals surface area contributed by atoms with E-state index < -0.39 is 0 Å². The van der Waals surface area contributed by atoms with Gasteiger partial charge in [0.05, 0.1) is 6.10 Å². The molecule has 1 heteroatoms. The number of aliphatic hydroxyl groups is 1. The molecule has 0 radical (unpaired) electrons. The van der Waals surface area contributed by atoms with Crippen LogP contribution in [-0.2, 0) is 0 Å². The van der Waals surface area contributed by atoms with E-state index in [1.54, 1.807) is 0 Å². The summed E-state index contributed by atoms with van der Waals surface area (Å²) in [6, 6.07) is 0. The second-order valence-electron chi connectivity index (χ2n) is 4.42. The first-order valence-electron chi connectivity index (χ1n) is 4.79. The van der Waals surface area contributed by atoms with Gasteiger partial charge in [0.15, 0.2) is 0 Å². The van der Waals surface area contributed by atoms with Crippen LogP contribution in [0, 0.1) is 17.8 Å². The first-order valence-corrected chi connectivity index (χ1v) is 4.79. The molecule has 0 aromatic carbocycles. The molecule has 11 heavy (non-hydrogen) atoms. The third kappa shape index (κ3) is 2.82. The highest BCUT2D eigenvalue weighted by Gasteiger charge is 2.38. The summed E-state index contributed by atoms with van der Waals surface area (Å²) in [5, 5.41) is 9.61. The van der Waals surface area contributed by atoms with Crippen molar-refractivity contribution in [2.75, 3.05) is 0 Å². The zero-order valence-electron chi connectivity index (χ0n) is 7.88. The van der Waals surface area contributed by atoms with Crippen LogP contribution < -0.4 is 0 Å². The van der Waals surface area contributed by atoms with E-state index in [-0.39, 0.29) is 6.10 Å². The molecule has 0 bridgehead atoms. The summed E-state index contributed by atoms with van der Waals surface area (Å²) in [5.74, 6) is 2.16. The van der Waals surface area contributed by atoms with Crippen LogP contribution in [0.25, 0.3) is 0 Å². The lowest BCUT2D eigenvalue weighted by Gasteiger charge is -2.10. The van der Waals surface area contributed by atoms with Crippen molar-refractivity contribution in [3.05, 3.63) is 0 Å². The van der Waals surface area contributed by atoms with E-state index in [1.807, 2.05) is 0 Å². The minimum atomic E-state index is -0.00704. The highest BCUT2D eigenvalue weighted by Crippen LogP contribution is 2.41. The average molecular weight is 156 g/mol. The van der Waals surface area contributed by atoms with Crippen molar-refractivity contribution >= 4 is 0 Å². The van der Waals surface area contributed by atoms with E-state index >= 15 is 0 Å². The summed E-state index contributed by atoms with van der Waals surface area (Å²) in [6.45, 7) is 6.65. The molecule has 0 aromatic heterocycles. The Labute approximate surface area is 69.8 Å². The van der Waals surface area contributed by atoms with Crippen molar-refractivity contribution in [3.63, 3.8) is 0 Å². The predicted molar refractivity (Wildman–Crippen MR) is 47.3 cm³/mol. The Hall–Kier alpha value is -0.0400. The molecule has 1 saturated carbocycles. The Morgan fingerprint density at radius 2 is 1.91 bits per heavy atom. The van der Waals surface area contributed by atoms with Crippen LogP contribution in [0.1, 0.15) is 40.0 Å². The summed E-state index contributed by atoms with van der Waals surface area (Å²) in [5.41, 5.74) is 0. The highest BCUT2D eigenvalue weighted by atomic mass is 16.3. The van der Waals surface area contributed by atoms with E-state index in [4.69, 9.17) is 0 Å². The Morgan fingerprint density at radius 3 is 2.27 bits per heavy atom. The Kier molecular flexibility index (Phi) is 2.94. The van der Waals surface area contributed by atoms with E-state index in [1.165, 1.54) is 12.8 Å². The fourth-order valence-corrected chi connectivity index (χ4v) is 1.61. The van der Waals surface area contributed by atoms with Crippen molar-refractivity contribution in [1.29, 1.82) is 0 Å². The lowest BCUT2D eigenvalue weighted by molar-refractivity contribution is 0.129. The third-order valence-electron chi connectivity index (χ3n) is 2.71. The second-order valence-corrected chi connectivity index (χ2v) is 4.42. The summed E-state index contributed by atoms with van der Waals surface area (Å²) in [7, 11) is 0. The predicted octanol–water partition coefficient (Wildman–Crippen LogP) is 2.44. The average Bonchev–Trinajstić information content (AvgIpc) is 2.61. The largest absolute Gasteiger partial charge is 0.393 e. The van der Waals surface area contributed by atoms with E-state index in [0.717, 1.165) is 18.3 Å². The maximum Gasteiger partial charge on any atom is 0.0571 e. The summed E-state index contributed by atoms with van der Waals surface area (Å²) in [4.78, 5) is 0. The molecule has 0 aliphatic heterocycles. The Bertz CT molecular complexity index is 120. The van der Waals surface area contributed by atoms with Gasteiger partial charge in [-0.05, 0) is 37.0 Å². The zero-order valence-corrected chi connectivity index (χ0v) is 7.88. The van der Waals surface area contributed by atoms with Crippen LogP contribution in [0.4, 0.5) is 0 Å². The molecule has 3 unspecified atom stereocenters. The lowest BCUT2D eigenvalue weighted by Crippen LogP contribution is -2.11. The molecule has 0 saturated heterocycles. The van der Waals surface area contributed by atoms with Crippen molar-refractivity contribution in [2.45, 2.75) is 46.1 Å². The fourth-order valence-electron chi connectivity index (χ4n) is 1.61. The van der Waals surface area contributed by atoms with Crippen LogP contribution in [0.15, 0.2) is 0 Å².